The van der Waals surface area contributed by atoms with Gasteiger partial charge in [0.05, 0.1) is 5.39 Å². The maximum atomic E-state index is 13.1. The van der Waals surface area contributed by atoms with Crippen LogP contribution in [0.25, 0.3) is 22.3 Å². The molecule has 0 fully saturated rings. The highest BCUT2D eigenvalue weighted by Crippen LogP contribution is 2.33. The number of aryl methyl sites for hydroxylation is 3. The summed E-state index contributed by atoms with van der Waals surface area (Å²) in [6.07, 6.45) is -1.18. The van der Waals surface area contributed by atoms with E-state index in [1.807, 2.05) is 51.1 Å². The van der Waals surface area contributed by atoms with Crippen molar-refractivity contribution >= 4 is 16.9 Å². The number of carbonyl (C=O) groups is 1. The fraction of sp³-hybridized carbons (Fsp3) is 0.238. The lowest BCUT2D eigenvalue weighted by atomic mass is 10.0. The van der Waals surface area contributed by atoms with Gasteiger partial charge in [-0.05, 0) is 44.9 Å². The van der Waals surface area contributed by atoms with Gasteiger partial charge in [-0.15, -0.1) is 0 Å². The number of carboxylic acids is 1. The number of benzene rings is 2. The van der Waals surface area contributed by atoms with Gasteiger partial charge in [0.25, 0.3) is 0 Å². The first-order chi connectivity index (χ1) is 12.3. The smallest absolute Gasteiger partial charge is 0.344 e. The average molecular weight is 352 g/mol. The zero-order valence-electron chi connectivity index (χ0n) is 15.1. The molecule has 5 heteroatoms. The zero-order chi connectivity index (χ0) is 19.0. The van der Waals surface area contributed by atoms with Crippen molar-refractivity contribution in [2.24, 2.45) is 0 Å². The average Bonchev–Trinajstić information content (AvgIpc) is 2.57. The van der Waals surface area contributed by atoms with Gasteiger partial charge in [0.2, 0.25) is 11.2 Å². The summed E-state index contributed by atoms with van der Waals surface area (Å²) in [5.41, 5.74) is 3.54. The highest BCUT2D eigenvalue weighted by Gasteiger charge is 2.23. The van der Waals surface area contributed by atoms with Gasteiger partial charge in [-0.1, -0.05) is 35.9 Å². The predicted octanol–water partition coefficient (Wildman–Crippen LogP) is 4.24. The first kappa shape index (κ1) is 17.7. The van der Waals surface area contributed by atoms with Crippen LogP contribution in [0.1, 0.15) is 23.6 Å². The Kier molecular flexibility index (Phi) is 4.55. The minimum Gasteiger partial charge on any atom is -0.479 e. The lowest BCUT2D eigenvalue weighted by Gasteiger charge is -2.15. The number of hydrogen-bond donors (Lipinski definition) is 1. The van der Waals surface area contributed by atoms with E-state index in [4.69, 9.17) is 9.15 Å². The van der Waals surface area contributed by atoms with Crippen LogP contribution >= 0.6 is 0 Å². The molecule has 134 valence electrons. The van der Waals surface area contributed by atoms with Crippen LogP contribution in [-0.2, 0) is 4.79 Å². The van der Waals surface area contributed by atoms with Crippen molar-refractivity contribution in [3.8, 4) is 17.1 Å². The lowest BCUT2D eigenvalue weighted by molar-refractivity contribution is -0.144. The molecule has 26 heavy (non-hydrogen) atoms. The van der Waals surface area contributed by atoms with Crippen molar-refractivity contribution in [2.75, 3.05) is 0 Å². The summed E-state index contributed by atoms with van der Waals surface area (Å²) in [4.78, 5) is 24.3. The van der Waals surface area contributed by atoms with Crippen LogP contribution in [0, 0.1) is 20.8 Å². The summed E-state index contributed by atoms with van der Waals surface area (Å²) in [5.74, 6) is -0.996. The van der Waals surface area contributed by atoms with Crippen LogP contribution in [-0.4, -0.2) is 17.2 Å². The topological polar surface area (TPSA) is 76.7 Å². The van der Waals surface area contributed by atoms with Gasteiger partial charge in [0, 0.05) is 5.56 Å². The van der Waals surface area contributed by atoms with E-state index in [9.17, 15) is 14.7 Å². The third-order valence-corrected chi connectivity index (χ3v) is 4.25. The predicted molar refractivity (Wildman–Crippen MR) is 99.9 cm³/mol. The Morgan fingerprint density at radius 1 is 1.08 bits per heavy atom. The fourth-order valence-electron chi connectivity index (χ4n) is 2.90. The normalized spacial score (nSPS) is 12.2. The summed E-state index contributed by atoms with van der Waals surface area (Å²) < 4.78 is 11.5. The Bertz CT molecular complexity index is 1040. The van der Waals surface area contributed by atoms with E-state index in [1.54, 1.807) is 6.07 Å². The van der Waals surface area contributed by atoms with Crippen LogP contribution in [0.3, 0.4) is 0 Å². The van der Waals surface area contributed by atoms with Crippen LogP contribution < -0.4 is 10.2 Å². The first-order valence-electron chi connectivity index (χ1n) is 8.32. The number of ether oxygens (including phenoxy) is 1. The molecule has 0 aliphatic heterocycles. The molecule has 0 aliphatic carbocycles. The molecule has 3 rings (SSSR count). The summed E-state index contributed by atoms with van der Waals surface area (Å²) in [5, 5.41) is 9.58. The van der Waals surface area contributed by atoms with E-state index in [0.717, 1.165) is 16.7 Å². The molecule has 0 saturated carbocycles. The van der Waals surface area contributed by atoms with Crippen molar-refractivity contribution in [3.63, 3.8) is 0 Å². The van der Waals surface area contributed by atoms with Gasteiger partial charge in [0.15, 0.2) is 11.9 Å². The Hall–Kier alpha value is -3.08. The summed E-state index contributed by atoms with van der Waals surface area (Å²) in [7, 11) is 0. The summed E-state index contributed by atoms with van der Waals surface area (Å²) in [6.45, 7) is 7.08. The second-order valence-corrected chi connectivity index (χ2v) is 6.51. The Morgan fingerprint density at radius 2 is 1.73 bits per heavy atom. The number of hydrogen-bond acceptors (Lipinski definition) is 4. The number of carboxylic acid groups (broad SMARTS) is 1. The second kappa shape index (κ2) is 6.67. The standard InChI is InChI=1S/C21H20O5/c1-11-5-7-15(8-6-11)19-20(25-14(4)21(23)24)18(22)17-13(3)9-12(2)10-16(17)26-19/h5-10,14H,1-4H3,(H,23,24). The molecule has 1 heterocycles. The van der Waals surface area contributed by atoms with E-state index in [0.29, 0.717) is 16.5 Å². The molecule has 5 nitrogen and oxygen atoms in total. The molecule has 0 amide bonds. The molecule has 3 aromatic rings. The van der Waals surface area contributed by atoms with Crippen LogP contribution in [0.5, 0.6) is 5.75 Å². The fourth-order valence-corrected chi connectivity index (χ4v) is 2.90. The number of aliphatic carboxylic acids is 1. The molecule has 0 bridgehead atoms. The van der Waals surface area contributed by atoms with Crippen molar-refractivity contribution in [2.45, 2.75) is 33.8 Å². The van der Waals surface area contributed by atoms with Gasteiger partial charge in [-0.2, -0.15) is 0 Å². The molecule has 1 unspecified atom stereocenters. The minimum atomic E-state index is -1.18. The first-order valence-corrected chi connectivity index (χ1v) is 8.32. The van der Waals surface area contributed by atoms with Crippen LogP contribution in [0.15, 0.2) is 45.6 Å². The number of fused-ring (bicyclic) bond motifs is 1. The summed E-state index contributed by atoms with van der Waals surface area (Å²) in [6, 6.07) is 11.1. The quantitative estimate of drug-likeness (QED) is 0.760. The second-order valence-electron chi connectivity index (χ2n) is 6.51. The molecule has 0 saturated heterocycles. The van der Waals surface area contributed by atoms with Gasteiger partial charge >= 0.3 is 5.97 Å². The van der Waals surface area contributed by atoms with Gasteiger partial charge in [-0.25, -0.2) is 4.79 Å². The summed E-state index contributed by atoms with van der Waals surface area (Å²) >= 11 is 0. The molecular formula is C21H20O5. The molecule has 1 aromatic heterocycles. The van der Waals surface area contributed by atoms with E-state index in [2.05, 4.69) is 0 Å². The van der Waals surface area contributed by atoms with Crippen molar-refractivity contribution in [1.29, 1.82) is 0 Å². The molecule has 2 aromatic carbocycles. The van der Waals surface area contributed by atoms with Crippen LogP contribution in [0.4, 0.5) is 0 Å². The molecule has 0 aliphatic rings. The Labute approximate surface area is 150 Å². The zero-order valence-corrected chi connectivity index (χ0v) is 15.1. The van der Waals surface area contributed by atoms with E-state index in [-0.39, 0.29) is 16.9 Å². The highest BCUT2D eigenvalue weighted by atomic mass is 16.5. The molecule has 1 atom stereocenters. The molecule has 0 spiro atoms. The van der Waals surface area contributed by atoms with Gasteiger partial charge in [0.1, 0.15) is 5.58 Å². The highest BCUT2D eigenvalue weighted by molar-refractivity contribution is 5.85. The third kappa shape index (κ3) is 3.20. The largest absolute Gasteiger partial charge is 0.479 e. The van der Waals surface area contributed by atoms with Gasteiger partial charge < -0.3 is 14.3 Å². The third-order valence-electron chi connectivity index (χ3n) is 4.25. The molecular weight excluding hydrogens is 332 g/mol. The van der Waals surface area contributed by atoms with Crippen molar-refractivity contribution in [1.82, 2.24) is 0 Å². The maximum absolute atomic E-state index is 13.1. The Morgan fingerprint density at radius 3 is 2.35 bits per heavy atom. The lowest BCUT2D eigenvalue weighted by Crippen LogP contribution is -2.26. The molecule has 1 N–H and O–H groups in total. The van der Waals surface area contributed by atoms with Crippen LogP contribution in [0.2, 0.25) is 0 Å². The van der Waals surface area contributed by atoms with E-state index < -0.39 is 12.1 Å². The molecule has 0 radical (unpaired) electrons. The van der Waals surface area contributed by atoms with Gasteiger partial charge in [-0.3, -0.25) is 4.79 Å². The monoisotopic (exact) mass is 352 g/mol. The van der Waals surface area contributed by atoms with E-state index >= 15 is 0 Å². The maximum Gasteiger partial charge on any atom is 0.344 e. The van der Waals surface area contributed by atoms with E-state index in [1.165, 1.54) is 6.92 Å². The minimum absolute atomic E-state index is 0.0804. The number of rotatable bonds is 4. The van der Waals surface area contributed by atoms with Crippen molar-refractivity contribution < 1.29 is 19.1 Å². The Balaban J connectivity index is 2.34. The van der Waals surface area contributed by atoms with Crippen molar-refractivity contribution in [3.05, 3.63) is 63.3 Å². The SMILES string of the molecule is Cc1ccc(-c2oc3cc(C)cc(C)c3c(=O)c2OC(C)C(=O)O)cc1.